The van der Waals surface area contributed by atoms with Crippen molar-refractivity contribution in [3.8, 4) is 0 Å². The van der Waals surface area contributed by atoms with Crippen molar-refractivity contribution in [2.24, 2.45) is 0 Å². The molecule has 1 rings (SSSR count). The van der Waals surface area contributed by atoms with E-state index < -0.39 is 17.7 Å². The molecule has 0 fully saturated rings. The summed E-state index contributed by atoms with van der Waals surface area (Å²) in [5.41, 5.74) is -1.18. The normalized spacial score (nSPS) is 11.9. The molecule has 80 valence electrons. The van der Waals surface area contributed by atoms with E-state index in [9.17, 15) is 18.0 Å². The molecule has 15 heavy (non-hydrogen) atoms. The number of halogens is 3. The lowest BCUT2D eigenvalue weighted by Gasteiger charge is -2.08. The molecule has 0 aliphatic carbocycles. The molecule has 0 aliphatic rings. The van der Waals surface area contributed by atoms with Gasteiger partial charge in [-0.1, -0.05) is 0 Å². The second-order valence-corrected chi connectivity index (χ2v) is 2.63. The van der Waals surface area contributed by atoms with E-state index in [-0.39, 0.29) is 5.56 Å². The van der Waals surface area contributed by atoms with Gasteiger partial charge in [0.05, 0.1) is 5.56 Å². The number of hydrogen-bond acceptors (Lipinski definition) is 2. The van der Waals surface area contributed by atoms with Gasteiger partial charge in [-0.2, -0.15) is 13.2 Å². The first kappa shape index (κ1) is 11.2. The molecule has 0 saturated carbocycles. The van der Waals surface area contributed by atoms with Gasteiger partial charge in [0.25, 0.3) is 0 Å². The average molecular weight is 217 g/mol. The van der Waals surface area contributed by atoms with E-state index in [1.807, 2.05) is 0 Å². The van der Waals surface area contributed by atoms with E-state index in [1.54, 1.807) is 0 Å². The third-order valence-electron chi connectivity index (χ3n) is 1.57. The van der Waals surface area contributed by atoms with Gasteiger partial charge in [-0.3, -0.25) is 4.98 Å². The predicted molar refractivity (Wildman–Crippen MR) is 45.9 cm³/mol. The van der Waals surface area contributed by atoms with E-state index in [1.165, 1.54) is 0 Å². The summed E-state index contributed by atoms with van der Waals surface area (Å²) in [6.07, 6.45) is -1.19. The number of rotatable bonds is 2. The highest BCUT2D eigenvalue weighted by Gasteiger charge is 2.32. The molecule has 1 aromatic heterocycles. The van der Waals surface area contributed by atoms with Gasteiger partial charge in [0, 0.05) is 18.5 Å². The first-order valence-electron chi connectivity index (χ1n) is 3.83. The van der Waals surface area contributed by atoms with Crippen LogP contribution in [0.4, 0.5) is 13.2 Å². The lowest BCUT2D eigenvalue weighted by molar-refractivity contribution is -0.138. The quantitative estimate of drug-likeness (QED) is 0.772. The van der Waals surface area contributed by atoms with Crippen molar-refractivity contribution in [1.29, 1.82) is 0 Å². The van der Waals surface area contributed by atoms with Crippen LogP contribution in [0, 0.1) is 0 Å². The summed E-state index contributed by atoms with van der Waals surface area (Å²) in [5.74, 6) is -1.31. The Morgan fingerprint density at radius 2 is 2.13 bits per heavy atom. The van der Waals surface area contributed by atoms with Crippen LogP contribution in [0.25, 0.3) is 6.08 Å². The van der Waals surface area contributed by atoms with Crippen LogP contribution in [0.15, 0.2) is 24.5 Å². The molecule has 0 aromatic carbocycles. The fourth-order valence-electron chi connectivity index (χ4n) is 0.948. The van der Waals surface area contributed by atoms with Crippen molar-refractivity contribution in [2.45, 2.75) is 6.18 Å². The van der Waals surface area contributed by atoms with Gasteiger partial charge in [-0.25, -0.2) is 4.79 Å². The molecule has 0 unspecified atom stereocenters. The van der Waals surface area contributed by atoms with E-state index in [0.717, 1.165) is 18.3 Å². The molecule has 0 amide bonds. The summed E-state index contributed by atoms with van der Waals surface area (Å²) >= 11 is 0. The van der Waals surface area contributed by atoms with Crippen LogP contribution in [-0.2, 0) is 11.0 Å². The minimum Gasteiger partial charge on any atom is -0.478 e. The lowest BCUT2D eigenvalue weighted by Crippen LogP contribution is -2.07. The third kappa shape index (κ3) is 3.08. The van der Waals surface area contributed by atoms with Crippen LogP contribution in [-0.4, -0.2) is 16.1 Å². The fraction of sp³-hybridized carbons (Fsp3) is 0.111. The minimum atomic E-state index is -4.54. The summed E-state index contributed by atoms with van der Waals surface area (Å²) in [7, 11) is 0. The Labute approximate surface area is 82.9 Å². The Kier molecular flexibility index (Phi) is 3.08. The minimum absolute atomic E-state index is 0.222. The van der Waals surface area contributed by atoms with Gasteiger partial charge in [0.1, 0.15) is 0 Å². The molecule has 6 heteroatoms. The monoisotopic (exact) mass is 217 g/mol. The average Bonchev–Trinajstić information content (AvgIpc) is 2.13. The predicted octanol–water partition coefficient (Wildman–Crippen LogP) is 2.20. The topological polar surface area (TPSA) is 50.2 Å². The Morgan fingerprint density at radius 3 is 2.67 bits per heavy atom. The zero-order chi connectivity index (χ0) is 11.5. The molecule has 1 aromatic rings. The highest BCUT2D eigenvalue weighted by molar-refractivity contribution is 5.85. The summed E-state index contributed by atoms with van der Waals surface area (Å²) in [4.78, 5) is 13.5. The summed E-state index contributed by atoms with van der Waals surface area (Å²) in [6.45, 7) is 0. The van der Waals surface area contributed by atoms with Crippen LogP contribution in [0.3, 0.4) is 0 Å². The summed E-state index contributed by atoms with van der Waals surface area (Å²) in [6, 6.07) is 1.10. The van der Waals surface area contributed by atoms with Gasteiger partial charge >= 0.3 is 12.1 Å². The first-order valence-corrected chi connectivity index (χ1v) is 3.83. The van der Waals surface area contributed by atoms with Crippen molar-refractivity contribution >= 4 is 12.0 Å². The molecule has 0 atom stereocenters. The molecule has 0 radical (unpaired) electrons. The Bertz CT molecular complexity index is 399. The Hall–Kier alpha value is -1.85. The largest absolute Gasteiger partial charge is 0.478 e. The number of aliphatic carboxylic acids is 1. The maximum Gasteiger partial charge on any atom is 0.418 e. The number of alkyl halides is 3. The SMILES string of the molecule is O=C(O)/C=C/c1ccncc1C(F)(F)F. The Morgan fingerprint density at radius 1 is 1.47 bits per heavy atom. The number of aromatic nitrogens is 1. The summed E-state index contributed by atoms with van der Waals surface area (Å²) in [5, 5.41) is 8.28. The van der Waals surface area contributed by atoms with E-state index in [0.29, 0.717) is 12.3 Å². The number of hydrogen-bond donors (Lipinski definition) is 1. The van der Waals surface area contributed by atoms with E-state index in [4.69, 9.17) is 5.11 Å². The van der Waals surface area contributed by atoms with Crippen LogP contribution in [0.2, 0.25) is 0 Å². The maximum absolute atomic E-state index is 12.4. The number of carboxylic acids is 1. The van der Waals surface area contributed by atoms with Crippen LogP contribution in [0.1, 0.15) is 11.1 Å². The van der Waals surface area contributed by atoms with Gasteiger partial charge in [-0.05, 0) is 17.7 Å². The molecule has 0 spiro atoms. The van der Waals surface area contributed by atoms with Crippen LogP contribution >= 0.6 is 0 Å². The fourth-order valence-corrected chi connectivity index (χ4v) is 0.948. The summed E-state index contributed by atoms with van der Waals surface area (Å²) < 4.78 is 37.1. The molecule has 1 N–H and O–H groups in total. The lowest BCUT2D eigenvalue weighted by atomic mass is 10.1. The molecule has 0 aliphatic heterocycles. The smallest absolute Gasteiger partial charge is 0.418 e. The van der Waals surface area contributed by atoms with Gasteiger partial charge in [-0.15, -0.1) is 0 Å². The van der Waals surface area contributed by atoms with Gasteiger partial charge < -0.3 is 5.11 Å². The first-order chi connectivity index (χ1) is 6.91. The van der Waals surface area contributed by atoms with Gasteiger partial charge in [0.2, 0.25) is 0 Å². The number of carbonyl (C=O) groups is 1. The molecule has 0 saturated heterocycles. The number of pyridine rings is 1. The second kappa shape index (κ2) is 4.12. The van der Waals surface area contributed by atoms with Crippen LogP contribution < -0.4 is 0 Å². The molecule has 3 nitrogen and oxygen atoms in total. The molecular weight excluding hydrogens is 211 g/mol. The van der Waals surface area contributed by atoms with Crippen molar-refractivity contribution in [1.82, 2.24) is 4.98 Å². The van der Waals surface area contributed by atoms with E-state index >= 15 is 0 Å². The van der Waals surface area contributed by atoms with E-state index in [2.05, 4.69) is 4.98 Å². The maximum atomic E-state index is 12.4. The Balaban J connectivity index is 3.13. The van der Waals surface area contributed by atoms with Gasteiger partial charge in [0.15, 0.2) is 0 Å². The van der Waals surface area contributed by atoms with Crippen molar-refractivity contribution in [2.75, 3.05) is 0 Å². The van der Waals surface area contributed by atoms with Crippen molar-refractivity contribution < 1.29 is 23.1 Å². The number of nitrogens with zero attached hydrogens (tertiary/aromatic N) is 1. The zero-order valence-electron chi connectivity index (χ0n) is 7.32. The van der Waals surface area contributed by atoms with Crippen LogP contribution in [0.5, 0.6) is 0 Å². The highest BCUT2D eigenvalue weighted by Crippen LogP contribution is 2.31. The van der Waals surface area contributed by atoms with Crippen molar-refractivity contribution in [3.63, 3.8) is 0 Å². The van der Waals surface area contributed by atoms with Crippen molar-refractivity contribution in [3.05, 3.63) is 35.7 Å². The molecular formula is C9H6F3NO2. The standard InChI is InChI=1S/C9H6F3NO2/c10-9(11,12)7-5-13-4-3-6(7)1-2-8(14)15/h1-5H,(H,14,15)/b2-1+. The third-order valence-corrected chi connectivity index (χ3v) is 1.57. The molecule has 0 bridgehead atoms. The zero-order valence-corrected chi connectivity index (χ0v) is 7.32. The second-order valence-electron chi connectivity index (χ2n) is 2.63. The molecule has 1 heterocycles. The highest BCUT2D eigenvalue weighted by atomic mass is 19.4. The number of carboxylic acid groups (broad SMARTS) is 1.